The zero-order valence-corrected chi connectivity index (χ0v) is 59.8. The zero-order chi connectivity index (χ0) is 76.4. The number of aliphatic carboxylic acids is 1. The van der Waals surface area contributed by atoms with Crippen molar-refractivity contribution in [2.75, 3.05) is 138 Å². The minimum absolute atomic E-state index is 0.00616. The van der Waals surface area contributed by atoms with Gasteiger partial charge in [0.2, 0.25) is 59.1 Å². The van der Waals surface area contributed by atoms with Gasteiger partial charge in [-0.1, -0.05) is 30.3 Å². The van der Waals surface area contributed by atoms with Gasteiger partial charge in [0.15, 0.2) is 5.96 Å². The smallest absolute Gasteiger partial charge is 0.305 e. The fourth-order valence-electron chi connectivity index (χ4n) is 11.5. The van der Waals surface area contributed by atoms with Crippen LogP contribution in [0.15, 0.2) is 65.8 Å². The van der Waals surface area contributed by atoms with E-state index in [4.69, 9.17) is 47.5 Å². The van der Waals surface area contributed by atoms with E-state index in [1.165, 1.54) is 4.90 Å². The molecule has 11 amide bonds. The summed E-state index contributed by atoms with van der Waals surface area (Å²) in [6.45, 7) is 13.1. The van der Waals surface area contributed by atoms with Gasteiger partial charge in [-0.05, 0) is 81.2 Å². The van der Waals surface area contributed by atoms with E-state index in [0.29, 0.717) is 66.9 Å². The average Bonchev–Trinajstić information content (AvgIpc) is 1.11. The molecule has 0 aliphatic carbocycles. The molecule has 2 aromatic carbocycles. The number of aliphatic imine (C=N–C) groups is 1. The molecule has 0 spiro atoms. The topological polar surface area (TPSA) is 497 Å². The number of nitrogens with zero attached hydrogens (tertiary/aromatic N) is 6. The van der Waals surface area contributed by atoms with Crippen molar-refractivity contribution < 1.29 is 86.3 Å². The highest BCUT2D eigenvalue weighted by atomic mass is 16.5. The number of pyridine rings is 1. The predicted molar refractivity (Wildman–Crippen MR) is 384 cm³/mol. The number of amides is 11. The van der Waals surface area contributed by atoms with Crippen molar-refractivity contribution >= 4 is 87.8 Å². The molecule has 3 aliphatic rings. The van der Waals surface area contributed by atoms with Crippen molar-refractivity contribution in [3.05, 3.63) is 83.3 Å². The van der Waals surface area contributed by atoms with Gasteiger partial charge in [-0.25, -0.2) is 6.57 Å². The van der Waals surface area contributed by atoms with Crippen LogP contribution in [0.3, 0.4) is 0 Å². The number of piperazine rings is 1. The number of carbonyl (C=O) groups is 12. The van der Waals surface area contributed by atoms with Gasteiger partial charge in [-0.3, -0.25) is 82.2 Å². The summed E-state index contributed by atoms with van der Waals surface area (Å²) >= 11 is 0. The van der Waals surface area contributed by atoms with E-state index < -0.39 is 96.7 Å². The van der Waals surface area contributed by atoms with Crippen molar-refractivity contribution in [2.24, 2.45) is 22.2 Å². The lowest BCUT2D eigenvalue weighted by molar-refractivity contribution is -0.141. The zero-order valence-electron chi connectivity index (χ0n) is 59.8. The molecule has 3 aromatic rings. The van der Waals surface area contributed by atoms with E-state index in [1.807, 2.05) is 4.90 Å². The lowest BCUT2D eigenvalue weighted by atomic mass is 10.0. The van der Waals surface area contributed by atoms with Gasteiger partial charge in [0.25, 0.3) is 5.91 Å². The molecule has 36 nitrogen and oxygen atoms in total. The summed E-state index contributed by atoms with van der Waals surface area (Å²) in [5.41, 5.74) is 18.5. The predicted octanol–water partition coefficient (Wildman–Crippen LogP) is -2.94. The number of carbonyl (C=O) groups excluding carboxylic acids is 11. The van der Waals surface area contributed by atoms with Gasteiger partial charge in [0.05, 0.1) is 103 Å². The largest absolute Gasteiger partial charge is 0.494 e. The Hall–Kier alpha value is -10.2. The number of benzene rings is 2. The van der Waals surface area contributed by atoms with Crippen LogP contribution in [-0.2, 0) is 78.1 Å². The third-order valence-corrected chi connectivity index (χ3v) is 17.3. The van der Waals surface area contributed by atoms with E-state index in [0.717, 1.165) is 32.5 Å². The Bertz CT molecular complexity index is 3460. The third-order valence-electron chi connectivity index (χ3n) is 17.3. The van der Waals surface area contributed by atoms with Gasteiger partial charge in [-0.2, -0.15) is 0 Å². The quantitative estimate of drug-likeness (QED) is 0.0117. The molecule has 0 bridgehead atoms. The summed E-state index contributed by atoms with van der Waals surface area (Å²) in [4.78, 5) is 173. The van der Waals surface area contributed by atoms with Crippen LogP contribution < -0.4 is 69.8 Å². The lowest BCUT2D eigenvalue weighted by Crippen LogP contribution is -2.58. The van der Waals surface area contributed by atoms with Crippen molar-refractivity contribution in [3.8, 4) is 5.75 Å². The van der Waals surface area contributed by atoms with Crippen LogP contribution in [0.5, 0.6) is 5.75 Å². The highest BCUT2D eigenvalue weighted by Gasteiger charge is 2.35. The Kier molecular flexibility index (Phi) is 37.8. The maximum Gasteiger partial charge on any atom is 0.305 e. The number of ether oxygens (including phenoxy) is 5. The van der Waals surface area contributed by atoms with Crippen LogP contribution in [0.4, 0.5) is 0 Å². The molecule has 580 valence electrons. The van der Waals surface area contributed by atoms with E-state index >= 15 is 0 Å². The normalized spacial score (nSPS) is 18.4. The minimum atomic E-state index is -1.63. The first-order valence-electron chi connectivity index (χ1n) is 35.8. The first-order chi connectivity index (χ1) is 51.2. The summed E-state index contributed by atoms with van der Waals surface area (Å²) in [5, 5.41) is 33.6. The SMILES string of the molecule is [C-]#[N+][C@@H]1CCCN1C(=O)CNC(=O)c1ccnc2ccc(OCCCN3CCN(C(=O)CCOCCOCCNC(=O)C(N)CCC(=O)NCCOCCOCCC(=O)NCCCC[C@@H]4NC(=O)[C@@H](Cc5ccccc5)NC(=O)[C@H](CC(=O)O)NC(=O)CNC(=O)[C@H](CCCN=C(N)N)NC4=O)CC3)cc12. The molecule has 6 rings (SSSR count). The Labute approximate surface area is 614 Å². The molecule has 106 heavy (non-hydrogen) atoms. The molecular weight excluding hydrogens is 1380 g/mol. The second-order valence-electron chi connectivity index (χ2n) is 25.3. The van der Waals surface area contributed by atoms with Crippen molar-refractivity contribution in [3.63, 3.8) is 0 Å². The number of nitrogens with one attached hydrogen (secondary N) is 9. The number of likely N-dealkylation sites (tertiary alicyclic amines) is 1. The first-order valence-corrected chi connectivity index (χ1v) is 35.8. The van der Waals surface area contributed by atoms with Crippen molar-refractivity contribution in [1.29, 1.82) is 0 Å². The Morgan fingerprint density at radius 1 is 0.660 bits per heavy atom. The molecule has 3 saturated heterocycles. The number of rotatable bonds is 43. The van der Waals surface area contributed by atoms with Gasteiger partial charge >= 0.3 is 12.1 Å². The highest BCUT2D eigenvalue weighted by molar-refractivity contribution is 6.07. The Morgan fingerprint density at radius 3 is 2.01 bits per heavy atom. The van der Waals surface area contributed by atoms with Crippen LogP contribution in [0.2, 0.25) is 0 Å². The second kappa shape index (κ2) is 47.3. The number of nitrogens with two attached hydrogens (primary N) is 3. The van der Waals surface area contributed by atoms with Crippen LogP contribution in [0.1, 0.15) is 99.4 Å². The molecule has 0 radical (unpaired) electrons. The van der Waals surface area contributed by atoms with Gasteiger partial charge < -0.3 is 98.7 Å². The van der Waals surface area contributed by atoms with E-state index in [9.17, 15) is 62.6 Å². The van der Waals surface area contributed by atoms with Crippen LogP contribution >= 0.6 is 0 Å². The molecule has 3 aliphatic heterocycles. The van der Waals surface area contributed by atoms with Crippen LogP contribution in [0, 0.1) is 6.57 Å². The molecule has 3 fully saturated rings. The Balaban J connectivity index is 0.748. The monoisotopic (exact) mass is 1480 g/mol. The number of hydrogen-bond donors (Lipinski definition) is 13. The molecule has 1 unspecified atom stereocenters. The van der Waals surface area contributed by atoms with Crippen LogP contribution in [-0.4, -0.2) is 276 Å². The number of unbranched alkanes of at least 4 members (excludes halogenated alkanes) is 1. The molecule has 6 atom stereocenters. The van der Waals surface area contributed by atoms with E-state index in [-0.39, 0.29) is 173 Å². The molecule has 1 aromatic heterocycles. The number of aromatic nitrogens is 1. The third kappa shape index (κ3) is 31.6. The standard InChI is InChI=1S/C70H102N18O18/c1-74-57-14-8-28-88(57)62(93)46-81-64(96)49-19-24-75-52-17-15-48(43-50(49)52)106-33-9-27-86-29-31-87(32-30-86)61(92)21-35-103-39-41-105-37-26-78-65(97)51(71)16-18-58(89)77-25-36-104-40-38-102-34-20-59(90)76-22-6-5-12-54-67(99)83-53(13-7-23-79-70(72)73)66(98)80-45-60(91)82-56(44-63(94)95)69(101)85-55(68(100)84-54)42-47-10-3-2-4-11-47/h2-4,10-11,15,17,19,24,43,51,53-57H,5-9,12-14,16,18,20-23,25-42,44-46,71H2,(H,76,90)(H,77,89)(H,78,97)(H,80,98)(H,81,96)(H,82,91)(H,83,99)(H,84,100)(H,85,101)(H,94,95)(H4,72,73,79)/t51?,53-,54-,55+,56-,57-/m0/s1. The van der Waals surface area contributed by atoms with Gasteiger partial charge in [0.1, 0.15) is 29.9 Å². The second-order valence-corrected chi connectivity index (χ2v) is 25.3. The number of fused-ring (bicyclic) bond motifs is 1. The number of hydrogen-bond acceptors (Lipinski definition) is 21. The van der Waals surface area contributed by atoms with Crippen LogP contribution in [0.25, 0.3) is 15.7 Å². The van der Waals surface area contributed by atoms with Crippen molar-refractivity contribution in [1.82, 2.24) is 67.5 Å². The van der Waals surface area contributed by atoms with Gasteiger partial charge in [-0.15, -0.1) is 0 Å². The van der Waals surface area contributed by atoms with Gasteiger partial charge in [0, 0.05) is 103 Å². The Morgan fingerprint density at radius 2 is 1.30 bits per heavy atom. The maximum atomic E-state index is 14.0. The van der Waals surface area contributed by atoms with Crippen molar-refractivity contribution in [2.45, 2.75) is 126 Å². The molecule has 36 heteroatoms. The van der Waals surface area contributed by atoms with E-state index in [1.54, 1.807) is 60.8 Å². The summed E-state index contributed by atoms with van der Waals surface area (Å²) in [5.74, 6) is -7.02. The average molecular weight is 1480 g/mol. The molecule has 0 saturated carbocycles. The summed E-state index contributed by atoms with van der Waals surface area (Å²) in [6.07, 6.45) is 3.54. The molecule has 16 N–H and O–H groups in total. The summed E-state index contributed by atoms with van der Waals surface area (Å²) in [6, 6.07) is 9.13. The summed E-state index contributed by atoms with van der Waals surface area (Å²) < 4.78 is 28.3. The minimum Gasteiger partial charge on any atom is -0.494 e. The lowest BCUT2D eigenvalue weighted by Gasteiger charge is -2.34. The maximum absolute atomic E-state index is 14.0. The van der Waals surface area contributed by atoms with E-state index in [2.05, 4.69) is 67.6 Å². The number of guanidine groups is 1. The number of carboxylic acids is 1. The summed E-state index contributed by atoms with van der Waals surface area (Å²) in [7, 11) is 0. The fourth-order valence-corrected chi connectivity index (χ4v) is 11.5. The molecule has 4 heterocycles. The first kappa shape index (κ1) is 84.7. The number of carboxylic acid groups (broad SMARTS) is 1. The fraction of sp³-hybridized carbons (Fsp3) is 0.586. The highest BCUT2D eigenvalue weighted by Crippen LogP contribution is 2.24. The molecular formula is C70H102N18O18.